The smallest absolute Gasteiger partial charge is 0.407 e. The van der Waals surface area contributed by atoms with Crippen molar-refractivity contribution in [3.05, 3.63) is 59.7 Å². The summed E-state index contributed by atoms with van der Waals surface area (Å²) in [5.41, 5.74) is 4.36. The largest absolute Gasteiger partial charge is 0.480 e. The van der Waals surface area contributed by atoms with E-state index in [9.17, 15) is 19.5 Å². The number of carboxylic acid groups (broad SMARTS) is 1. The van der Waals surface area contributed by atoms with E-state index in [2.05, 4.69) is 34.9 Å². The molecule has 0 bridgehead atoms. The van der Waals surface area contributed by atoms with Crippen molar-refractivity contribution < 1.29 is 24.2 Å². The normalized spacial score (nSPS) is 14.6. The van der Waals surface area contributed by atoms with Gasteiger partial charge in [-0.15, -0.1) is 0 Å². The van der Waals surface area contributed by atoms with Gasteiger partial charge < -0.3 is 20.5 Å². The first kappa shape index (κ1) is 26.3. The van der Waals surface area contributed by atoms with E-state index in [4.69, 9.17) is 4.74 Å². The summed E-state index contributed by atoms with van der Waals surface area (Å²) in [5, 5.41) is 14.8. The number of rotatable bonds is 9. The van der Waals surface area contributed by atoms with Crippen LogP contribution in [0.1, 0.15) is 58.1 Å². The van der Waals surface area contributed by atoms with Gasteiger partial charge in [0.1, 0.15) is 12.6 Å². The maximum atomic E-state index is 12.9. The molecule has 188 valence electrons. The highest BCUT2D eigenvalue weighted by Crippen LogP contribution is 2.44. The predicted molar refractivity (Wildman–Crippen MR) is 135 cm³/mol. The summed E-state index contributed by atoms with van der Waals surface area (Å²) in [7, 11) is 0. The zero-order valence-corrected chi connectivity index (χ0v) is 21.1. The highest BCUT2D eigenvalue weighted by atomic mass is 16.5. The molecule has 3 rings (SSSR count). The first-order valence-electron chi connectivity index (χ1n) is 12.1. The van der Waals surface area contributed by atoms with Gasteiger partial charge in [0.05, 0.1) is 5.92 Å². The van der Waals surface area contributed by atoms with Crippen molar-refractivity contribution in [1.29, 1.82) is 0 Å². The van der Waals surface area contributed by atoms with Gasteiger partial charge in [-0.1, -0.05) is 83.1 Å². The molecule has 2 amide bonds. The molecule has 3 N–H and O–H groups in total. The molecule has 1 aliphatic rings. The molecular weight excluding hydrogens is 444 g/mol. The Morgan fingerprint density at radius 2 is 1.51 bits per heavy atom. The Bertz CT molecular complexity index is 1030. The van der Waals surface area contributed by atoms with Crippen LogP contribution in [0.25, 0.3) is 11.1 Å². The summed E-state index contributed by atoms with van der Waals surface area (Å²) >= 11 is 0. The number of ether oxygens (including phenoxy) is 1. The van der Waals surface area contributed by atoms with Crippen LogP contribution >= 0.6 is 0 Å². The Morgan fingerprint density at radius 3 is 2.00 bits per heavy atom. The molecule has 0 saturated heterocycles. The summed E-state index contributed by atoms with van der Waals surface area (Å²) in [5.74, 6) is -2.37. The molecule has 0 spiro atoms. The fourth-order valence-electron chi connectivity index (χ4n) is 4.64. The van der Waals surface area contributed by atoms with Crippen molar-refractivity contribution in [2.45, 2.75) is 53.0 Å². The van der Waals surface area contributed by atoms with E-state index < -0.39 is 24.0 Å². The first-order valence-corrected chi connectivity index (χ1v) is 12.1. The second-order valence-electron chi connectivity index (χ2n) is 10.7. The van der Waals surface area contributed by atoms with Gasteiger partial charge >= 0.3 is 12.1 Å². The van der Waals surface area contributed by atoms with Crippen LogP contribution in [-0.2, 0) is 14.3 Å². The van der Waals surface area contributed by atoms with Crippen LogP contribution in [0.2, 0.25) is 0 Å². The number of hydrogen-bond donors (Lipinski definition) is 3. The molecule has 7 nitrogen and oxygen atoms in total. The average Bonchev–Trinajstić information content (AvgIpc) is 3.11. The third-order valence-electron chi connectivity index (χ3n) is 6.30. The standard InChI is InChI=1S/C28H36N2O5/c1-17(2)24(26(32)33)30-25(31)18(14-28(3,4)5)15-29-27(34)35-16-23-21-12-8-6-10-19(21)20-11-7-9-13-22(20)23/h6-13,17-18,23-24H,14-16H2,1-5H3,(H,29,34)(H,30,31)(H,32,33). The number of alkyl carbamates (subject to hydrolysis) is 1. The quantitative estimate of drug-likeness (QED) is 0.478. The van der Waals surface area contributed by atoms with Gasteiger partial charge in [-0.05, 0) is 40.0 Å². The SMILES string of the molecule is CC(C)C(NC(=O)C(CNC(=O)OCC1c2ccccc2-c2ccccc21)CC(C)(C)C)C(=O)O. The summed E-state index contributed by atoms with van der Waals surface area (Å²) in [6.07, 6.45) is -0.121. The molecule has 1 aliphatic carbocycles. The lowest BCUT2D eigenvalue weighted by atomic mass is 9.84. The monoisotopic (exact) mass is 480 g/mol. The van der Waals surface area contributed by atoms with Gasteiger partial charge in [-0.2, -0.15) is 0 Å². The van der Waals surface area contributed by atoms with E-state index >= 15 is 0 Å². The first-order chi connectivity index (χ1) is 16.5. The fraction of sp³-hybridized carbons (Fsp3) is 0.464. The molecule has 0 heterocycles. The molecule has 7 heteroatoms. The van der Waals surface area contributed by atoms with Crippen molar-refractivity contribution in [3.63, 3.8) is 0 Å². The minimum atomic E-state index is -1.08. The Morgan fingerprint density at radius 1 is 0.971 bits per heavy atom. The lowest BCUT2D eigenvalue weighted by Crippen LogP contribution is -2.49. The van der Waals surface area contributed by atoms with Gasteiger partial charge in [0.25, 0.3) is 0 Å². The Hall–Kier alpha value is -3.35. The topological polar surface area (TPSA) is 105 Å². The maximum Gasteiger partial charge on any atom is 0.407 e. The van der Waals surface area contributed by atoms with E-state index in [0.29, 0.717) is 6.42 Å². The number of benzene rings is 2. The van der Waals surface area contributed by atoms with E-state index in [1.165, 1.54) is 0 Å². The number of carbonyl (C=O) groups excluding carboxylic acids is 2. The lowest BCUT2D eigenvalue weighted by Gasteiger charge is -2.27. The molecule has 2 unspecified atom stereocenters. The lowest BCUT2D eigenvalue weighted by molar-refractivity contribution is -0.143. The summed E-state index contributed by atoms with van der Waals surface area (Å²) in [6.45, 7) is 9.72. The predicted octanol–water partition coefficient (Wildman–Crippen LogP) is 4.80. The number of hydrogen-bond acceptors (Lipinski definition) is 4. The number of aliphatic carboxylic acids is 1. The number of carbonyl (C=O) groups is 3. The molecule has 2 aromatic rings. The molecule has 0 aliphatic heterocycles. The number of fused-ring (bicyclic) bond motifs is 3. The molecule has 0 radical (unpaired) electrons. The van der Waals surface area contributed by atoms with Crippen molar-refractivity contribution >= 4 is 18.0 Å². The van der Waals surface area contributed by atoms with Gasteiger partial charge in [0, 0.05) is 12.5 Å². The van der Waals surface area contributed by atoms with E-state index in [1.807, 2.05) is 45.0 Å². The molecule has 35 heavy (non-hydrogen) atoms. The highest BCUT2D eigenvalue weighted by Gasteiger charge is 2.32. The van der Waals surface area contributed by atoms with Gasteiger partial charge in [-0.3, -0.25) is 4.79 Å². The van der Waals surface area contributed by atoms with Gasteiger partial charge in [0.15, 0.2) is 0 Å². The number of nitrogens with one attached hydrogen (secondary N) is 2. The van der Waals surface area contributed by atoms with Crippen LogP contribution in [0.15, 0.2) is 48.5 Å². The Balaban J connectivity index is 1.63. The number of carboxylic acids is 1. The van der Waals surface area contributed by atoms with Crippen molar-refractivity contribution in [1.82, 2.24) is 10.6 Å². The zero-order chi connectivity index (χ0) is 25.8. The zero-order valence-electron chi connectivity index (χ0n) is 21.1. The molecular formula is C28H36N2O5. The second kappa shape index (κ2) is 10.9. The van der Waals surface area contributed by atoms with E-state index in [1.54, 1.807) is 13.8 Å². The molecule has 2 aromatic carbocycles. The van der Waals surface area contributed by atoms with Crippen LogP contribution in [0, 0.1) is 17.3 Å². The van der Waals surface area contributed by atoms with E-state index in [-0.39, 0.29) is 36.3 Å². The summed E-state index contributed by atoms with van der Waals surface area (Å²) in [6, 6.07) is 15.2. The van der Waals surface area contributed by atoms with Crippen LogP contribution in [0.3, 0.4) is 0 Å². The van der Waals surface area contributed by atoms with Crippen molar-refractivity contribution in [2.75, 3.05) is 13.2 Å². The van der Waals surface area contributed by atoms with Crippen molar-refractivity contribution in [2.24, 2.45) is 17.3 Å². The van der Waals surface area contributed by atoms with Crippen LogP contribution in [0.4, 0.5) is 4.79 Å². The average molecular weight is 481 g/mol. The van der Waals surface area contributed by atoms with Gasteiger partial charge in [-0.25, -0.2) is 9.59 Å². The maximum absolute atomic E-state index is 12.9. The van der Waals surface area contributed by atoms with Crippen molar-refractivity contribution in [3.8, 4) is 11.1 Å². The van der Waals surface area contributed by atoms with Crippen LogP contribution in [0.5, 0.6) is 0 Å². The fourth-order valence-corrected chi connectivity index (χ4v) is 4.64. The number of amides is 2. The summed E-state index contributed by atoms with van der Waals surface area (Å²) in [4.78, 5) is 37.1. The molecule has 0 saturated carbocycles. The summed E-state index contributed by atoms with van der Waals surface area (Å²) < 4.78 is 5.58. The third-order valence-corrected chi connectivity index (χ3v) is 6.30. The minimum Gasteiger partial charge on any atom is -0.480 e. The molecule has 0 fully saturated rings. The van der Waals surface area contributed by atoms with E-state index in [0.717, 1.165) is 22.3 Å². The Labute approximate surface area is 207 Å². The van der Waals surface area contributed by atoms with Crippen LogP contribution < -0.4 is 10.6 Å². The minimum absolute atomic E-state index is 0.0517. The molecule has 2 atom stereocenters. The third kappa shape index (κ3) is 6.62. The Kier molecular flexibility index (Phi) is 8.20. The second-order valence-corrected chi connectivity index (χ2v) is 10.7. The molecule has 0 aromatic heterocycles. The van der Waals surface area contributed by atoms with Crippen LogP contribution in [-0.4, -0.2) is 42.3 Å². The van der Waals surface area contributed by atoms with Gasteiger partial charge in [0.2, 0.25) is 5.91 Å². The highest BCUT2D eigenvalue weighted by molar-refractivity contribution is 5.85.